The molecule has 0 aromatic heterocycles. The Morgan fingerprint density at radius 2 is 1.85 bits per heavy atom. The zero-order chi connectivity index (χ0) is 14.0. The van der Waals surface area contributed by atoms with Crippen molar-refractivity contribution in [2.75, 3.05) is 19.6 Å². The molecular weight excluding hydrogens is 298 g/mol. The predicted molar refractivity (Wildman–Crippen MR) is 84.1 cm³/mol. The lowest BCUT2D eigenvalue weighted by molar-refractivity contribution is 0.195. The van der Waals surface area contributed by atoms with E-state index in [-0.39, 0.29) is 24.5 Å². The summed E-state index contributed by atoms with van der Waals surface area (Å²) in [7, 11) is -3.33. The van der Waals surface area contributed by atoms with Crippen LogP contribution in [0.4, 0.5) is 0 Å². The molecule has 2 heterocycles. The fourth-order valence-electron chi connectivity index (χ4n) is 3.25. The van der Waals surface area contributed by atoms with Gasteiger partial charge >= 0.3 is 0 Å². The van der Waals surface area contributed by atoms with Crippen LogP contribution in [0.25, 0.3) is 0 Å². The number of piperidine rings is 2. The zero-order valence-electron chi connectivity index (χ0n) is 12.5. The van der Waals surface area contributed by atoms with E-state index in [1.807, 2.05) is 6.92 Å². The molecule has 0 aromatic carbocycles. The number of halogens is 1. The van der Waals surface area contributed by atoms with E-state index in [9.17, 15) is 8.42 Å². The Hall–Kier alpha value is 0.120. The quantitative estimate of drug-likeness (QED) is 0.856. The highest BCUT2D eigenvalue weighted by molar-refractivity contribution is 7.86. The van der Waals surface area contributed by atoms with Gasteiger partial charge in [0.2, 0.25) is 0 Å². The molecule has 2 rings (SSSR count). The molecule has 2 saturated heterocycles. The number of hydrogen-bond acceptors (Lipinski definition) is 3. The van der Waals surface area contributed by atoms with Gasteiger partial charge in [0, 0.05) is 31.7 Å². The number of nitrogens with two attached hydrogens (primary N) is 1. The van der Waals surface area contributed by atoms with Gasteiger partial charge in [-0.25, -0.2) is 0 Å². The summed E-state index contributed by atoms with van der Waals surface area (Å²) >= 11 is 0. The summed E-state index contributed by atoms with van der Waals surface area (Å²) in [5.74, 6) is 0.460. The summed E-state index contributed by atoms with van der Waals surface area (Å²) in [4.78, 5) is 0. The van der Waals surface area contributed by atoms with Crippen LogP contribution in [0.15, 0.2) is 0 Å². The van der Waals surface area contributed by atoms with Crippen molar-refractivity contribution in [2.45, 2.75) is 58.0 Å². The van der Waals surface area contributed by atoms with E-state index in [2.05, 4.69) is 6.92 Å². The molecule has 0 saturated carbocycles. The van der Waals surface area contributed by atoms with Crippen molar-refractivity contribution in [1.82, 2.24) is 8.61 Å². The Balaban J connectivity index is 0.00000200. The minimum atomic E-state index is -3.33. The number of hydrogen-bond donors (Lipinski definition) is 1. The second-order valence-electron chi connectivity index (χ2n) is 6.15. The van der Waals surface area contributed by atoms with Gasteiger partial charge in [-0.1, -0.05) is 13.3 Å². The van der Waals surface area contributed by atoms with Crippen molar-refractivity contribution in [3.8, 4) is 0 Å². The Kier molecular flexibility index (Phi) is 6.73. The first-order valence-electron chi connectivity index (χ1n) is 7.45. The summed E-state index contributed by atoms with van der Waals surface area (Å²) < 4.78 is 28.9. The zero-order valence-corrected chi connectivity index (χ0v) is 14.1. The predicted octanol–water partition coefficient (Wildman–Crippen LogP) is 1.59. The van der Waals surface area contributed by atoms with Gasteiger partial charge in [0.15, 0.2) is 0 Å². The maximum absolute atomic E-state index is 12.8. The molecule has 7 heteroatoms. The third kappa shape index (κ3) is 3.85. The van der Waals surface area contributed by atoms with E-state index in [0.717, 1.165) is 32.1 Å². The molecule has 2 N–H and O–H groups in total. The van der Waals surface area contributed by atoms with Gasteiger partial charge in [-0.15, -0.1) is 12.4 Å². The van der Waals surface area contributed by atoms with Crippen molar-refractivity contribution in [3.05, 3.63) is 0 Å². The second-order valence-corrected chi connectivity index (χ2v) is 8.03. The first kappa shape index (κ1) is 18.2. The van der Waals surface area contributed by atoms with Gasteiger partial charge in [0.1, 0.15) is 0 Å². The van der Waals surface area contributed by atoms with Crippen molar-refractivity contribution in [2.24, 2.45) is 11.7 Å². The molecule has 0 aliphatic carbocycles. The van der Waals surface area contributed by atoms with Gasteiger partial charge in [-0.05, 0) is 38.5 Å². The summed E-state index contributed by atoms with van der Waals surface area (Å²) in [6.07, 6.45) is 5.01. The third-order valence-electron chi connectivity index (χ3n) is 4.35. The third-order valence-corrected chi connectivity index (χ3v) is 6.38. The fourth-order valence-corrected chi connectivity index (χ4v) is 5.35. The number of rotatable bonds is 3. The van der Waals surface area contributed by atoms with Gasteiger partial charge in [0.05, 0.1) is 0 Å². The maximum Gasteiger partial charge on any atom is 0.282 e. The first-order chi connectivity index (χ1) is 8.93. The summed E-state index contributed by atoms with van der Waals surface area (Å²) in [6, 6.07) is -0.131. The molecule has 2 aliphatic heterocycles. The van der Waals surface area contributed by atoms with E-state index < -0.39 is 10.2 Å². The summed E-state index contributed by atoms with van der Waals surface area (Å²) in [6.45, 7) is 5.98. The van der Waals surface area contributed by atoms with Crippen LogP contribution in [0.2, 0.25) is 0 Å². The molecule has 2 aliphatic rings. The number of nitrogens with zero attached hydrogens (tertiary/aromatic N) is 2. The molecular formula is C13H28ClN3O2S. The standard InChI is InChI=1S/C13H27N3O2S.ClH/c1-11-6-5-8-15(10-11)19(17,18)16-9-4-3-7-13(16)12(2)14;/h11-13H,3-10,14H2,1-2H3;1H. The molecule has 3 unspecified atom stereocenters. The lowest BCUT2D eigenvalue weighted by Crippen LogP contribution is -2.57. The van der Waals surface area contributed by atoms with Crippen LogP contribution in [-0.2, 0) is 10.2 Å². The maximum atomic E-state index is 12.8. The van der Waals surface area contributed by atoms with E-state index in [4.69, 9.17) is 5.73 Å². The van der Waals surface area contributed by atoms with Crippen LogP contribution in [0.5, 0.6) is 0 Å². The lowest BCUT2D eigenvalue weighted by Gasteiger charge is -2.41. The molecule has 0 amide bonds. The Bertz CT molecular complexity index is 402. The lowest BCUT2D eigenvalue weighted by atomic mass is 10.00. The highest BCUT2D eigenvalue weighted by Crippen LogP contribution is 2.27. The van der Waals surface area contributed by atoms with Crippen molar-refractivity contribution in [3.63, 3.8) is 0 Å². The van der Waals surface area contributed by atoms with Gasteiger partial charge in [0.25, 0.3) is 10.2 Å². The monoisotopic (exact) mass is 325 g/mol. The minimum Gasteiger partial charge on any atom is -0.326 e. The molecule has 2 fully saturated rings. The van der Waals surface area contributed by atoms with Gasteiger partial charge < -0.3 is 5.73 Å². The minimum absolute atomic E-state index is 0. The Morgan fingerprint density at radius 1 is 1.15 bits per heavy atom. The fraction of sp³-hybridized carbons (Fsp3) is 1.00. The van der Waals surface area contributed by atoms with Crippen LogP contribution in [0.3, 0.4) is 0 Å². The largest absolute Gasteiger partial charge is 0.326 e. The van der Waals surface area contributed by atoms with Crippen molar-refractivity contribution >= 4 is 22.6 Å². The van der Waals surface area contributed by atoms with E-state index in [0.29, 0.717) is 25.6 Å². The van der Waals surface area contributed by atoms with Crippen LogP contribution in [-0.4, -0.2) is 48.7 Å². The molecule has 3 atom stereocenters. The van der Waals surface area contributed by atoms with Crippen LogP contribution in [0.1, 0.15) is 46.0 Å². The molecule has 5 nitrogen and oxygen atoms in total. The molecule has 120 valence electrons. The van der Waals surface area contributed by atoms with E-state index >= 15 is 0 Å². The molecule has 0 spiro atoms. The summed E-state index contributed by atoms with van der Waals surface area (Å²) in [5.41, 5.74) is 5.99. The molecule has 20 heavy (non-hydrogen) atoms. The van der Waals surface area contributed by atoms with Crippen LogP contribution >= 0.6 is 12.4 Å². The summed E-state index contributed by atoms with van der Waals surface area (Å²) in [5, 5.41) is 0. The van der Waals surface area contributed by atoms with Crippen molar-refractivity contribution in [1.29, 1.82) is 0 Å². The SMILES string of the molecule is CC1CCCN(S(=O)(=O)N2CCCCC2C(C)N)C1.Cl. The topological polar surface area (TPSA) is 66.6 Å². The second kappa shape index (κ2) is 7.40. The molecule has 0 aromatic rings. The van der Waals surface area contributed by atoms with Crippen molar-refractivity contribution < 1.29 is 8.42 Å². The van der Waals surface area contributed by atoms with Gasteiger partial charge in [-0.2, -0.15) is 17.0 Å². The molecule has 0 bridgehead atoms. The molecule has 0 radical (unpaired) electrons. The van der Waals surface area contributed by atoms with Gasteiger partial charge in [-0.3, -0.25) is 0 Å². The first-order valence-corrected chi connectivity index (χ1v) is 8.85. The average Bonchev–Trinajstić information content (AvgIpc) is 2.38. The highest BCUT2D eigenvalue weighted by atomic mass is 35.5. The average molecular weight is 326 g/mol. The van der Waals surface area contributed by atoms with Crippen LogP contribution in [0, 0.1) is 5.92 Å². The Labute approximate surface area is 129 Å². The Morgan fingerprint density at radius 3 is 2.45 bits per heavy atom. The smallest absolute Gasteiger partial charge is 0.282 e. The van der Waals surface area contributed by atoms with Crippen LogP contribution < -0.4 is 5.73 Å². The highest BCUT2D eigenvalue weighted by Gasteiger charge is 2.39. The van der Waals surface area contributed by atoms with E-state index in [1.54, 1.807) is 8.61 Å². The van der Waals surface area contributed by atoms with E-state index in [1.165, 1.54) is 0 Å². The normalized spacial score (nSPS) is 31.6.